The van der Waals surface area contributed by atoms with Gasteiger partial charge >= 0.3 is 6.36 Å². The highest BCUT2D eigenvalue weighted by Gasteiger charge is 2.31. The summed E-state index contributed by atoms with van der Waals surface area (Å²) < 4.78 is 72.1. The Morgan fingerprint density at radius 2 is 1.60 bits per heavy atom. The lowest BCUT2D eigenvalue weighted by atomic mass is 10.2. The number of hydrogen-bond donors (Lipinski definition) is 1. The summed E-state index contributed by atoms with van der Waals surface area (Å²) in [5, 5.41) is 2.25. The number of amides is 1. The third-order valence-corrected chi connectivity index (χ3v) is 2.89. The molecule has 0 atom stereocenters. The molecule has 2 rings (SSSR count). The molecule has 25 heavy (non-hydrogen) atoms. The van der Waals surface area contributed by atoms with Gasteiger partial charge in [-0.15, -0.1) is 13.2 Å². The molecule has 0 bridgehead atoms. The van der Waals surface area contributed by atoms with Gasteiger partial charge in [0.05, 0.1) is 6.54 Å². The van der Waals surface area contributed by atoms with Crippen molar-refractivity contribution in [1.82, 2.24) is 5.32 Å². The van der Waals surface area contributed by atoms with Crippen molar-refractivity contribution >= 4 is 5.91 Å². The fourth-order valence-corrected chi connectivity index (χ4v) is 1.90. The number of ether oxygens (including phenoxy) is 2. The average Bonchev–Trinajstić information content (AvgIpc) is 2.50. The maximum atomic E-state index is 13.4. The van der Waals surface area contributed by atoms with Crippen LogP contribution in [0.25, 0.3) is 0 Å². The first kappa shape index (κ1) is 18.5. The molecule has 0 unspecified atom stereocenters. The summed E-state index contributed by atoms with van der Waals surface area (Å²) in [7, 11) is 0. The summed E-state index contributed by atoms with van der Waals surface area (Å²) in [4.78, 5) is 11.7. The number of carbonyl (C=O) groups excluding carboxylic acids is 1. The Morgan fingerprint density at radius 3 is 2.24 bits per heavy atom. The molecule has 0 aliphatic heterocycles. The van der Waals surface area contributed by atoms with Gasteiger partial charge in [-0.1, -0.05) is 12.1 Å². The van der Waals surface area contributed by atoms with Crippen LogP contribution in [0.1, 0.15) is 10.4 Å². The largest absolute Gasteiger partial charge is 0.573 e. The molecular weight excluding hydrogens is 349 g/mol. The molecule has 0 aliphatic rings. The van der Waals surface area contributed by atoms with Crippen LogP contribution in [0.5, 0.6) is 11.5 Å². The number of nitrogens with one attached hydrogen (secondary N) is 1. The highest BCUT2D eigenvalue weighted by molar-refractivity contribution is 5.94. The second-order valence-electron chi connectivity index (χ2n) is 4.72. The molecule has 9 heteroatoms. The van der Waals surface area contributed by atoms with Crippen LogP contribution in [0.3, 0.4) is 0 Å². The number of rotatable bonds is 6. The summed E-state index contributed by atoms with van der Waals surface area (Å²) in [5.74, 6) is -3.35. The minimum atomic E-state index is -4.82. The van der Waals surface area contributed by atoms with Crippen molar-refractivity contribution in [3.8, 4) is 11.5 Å². The molecule has 2 aromatic rings. The number of benzene rings is 2. The van der Waals surface area contributed by atoms with Crippen LogP contribution in [-0.2, 0) is 0 Å². The minimum Gasteiger partial charge on any atom is -0.492 e. The lowest BCUT2D eigenvalue weighted by Gasteiger charge is -2.11. The van der Waals surface area contributed by atoms with E-state index in [0.717, 1.165) is 30.3 Å². The maximum absolute atomic E-state index is 13.4. The van der Waals surface area contributed by atoms with Crippen molar-refractivity contribution in [3.63, 3.8) is 0 Å². The van der Waals surface area contributed by atoms with Crippen molar-refractivity contribution < 1.29 is 36.2 Å². The van der Waals surface area contributed by atoms with E-state index >= 15 is 0 Å². The van der Waals surface area contributed by atoms with Gasteiger partial charge in [0.1, 0.15) is 35.3 Å². The molecule has 0 aromatic heterocycles. The molecule has 4 nitrogen and oxygen atoms in total. The van der Waals surface area contributed by atoms with Crippen LogP contribution in [0, 0.1) is 11.6 Å². The van der Waals surface area contributed by atoms with Crippen LogP contribution >= 0.6 is 0 Å². The molecule has 0 radical (unpaired) electrons. The fourth-order valence-electron chi connectivity index (χ4n) is 1.90. The summed E-state index contributed by atoms with van der Waals surface area (Å²) in [6.07, 6.45) is -4.82. The fraction of sp³-hybridized carbons (Fsp3) is 0.188. The predicted octanol–water partition coefficient (Wildman–Crippen LogP) is 3.67. The second-order valence-corrected chi connectivity index (χ2v) is 4.72. The first-order valence-corrected chi connectivity index (χ1v) is 6.97. The van der Waals surface area contributed by atoms with Gasteiger partial charge in [-0.05, 0) is 24.3 Å². The van der Waals surface area contributed by atoms with E-state index in [2.05, 4.69) is 10.1 Å². The van der Waals surface area contributed by atoms with E-state index in [-0.39, 0.29) is 18.9 Å². The Kier molecular flexibility index (Phi) is 5.79. The highest BCUT2D eigenvalue weighted by Crippen LogP contribution is 2.25. The highest BCUT2D eigenvalue weighted by atomic mass is 19.4. The van der Waals surface area contributed by atoms with Crippen LogP contribution < -0.4 is 14.8 Å². The number of carbonyl (C=O) groups is 1. The zero-order valence-electron chi connectivity index (χ0n) is 12.6. The van der Waals surface area contributed by atoms with Gasteiger partial charge < -0.3 is 14.8 Å². The Balaban J connectivity index is 1.85. The molecule has 0 saturated carbocycles. The number of hydrogen-bond acceptors (Lipinski definition) is 3. The molecule has 0 heterocycles. The van der Waals surface area contributed by atoms with E-state index in [1.807, 2.05) is 0 Å². The van der Waals surface area contributed by atoms with Gasteiger partial charge in [-0.2, -0.15) is 0 Å². The van der Waals surface area contributed by atoms with Crippen LogP contribution in [0.15, 0.2) is 42.5 Å². The van der Waals surface area contributed by atoms with E-state index in [1.165, 1.54) is 12.1 Å². The van der Waals surface area contributed by atoms with Gasteiger partial charge in [0.2, 0.25) is 0 Å². The molecule has 0 spiro atoms. The van der Waals surface area contributed by atoms with Crippen LogP contribution in [0.4, 0.5) is 22.0 Å². The minimum absolute atomic E-state index is 0.0769. The molecular formula is C16H12F5NO3. The van der Waals surface area contributed by atoms with E-state index in [9.17, 15) is 26.7 Å². The standard InChI is InChI=1S/C16H12F5NO3/c17-12-5-2-6-13(18)14(12)15(23)22-7-8-24-10-3-1-4-11(9-10)25-16(19,20)21/h1-6,9H,7-8H2,(H,22,23). The lowest BCUT2D eigenvalue weighted by Crippen LogP contribution is -2.29. The Labute approximate surface area is 139 Å². The third kappa shape index (κ3) is 5.63. The van der Waals surface area contributed by atoms with Crippen LogP contribution in [-0.4, -0.2) is 25.4 Å². The van der Waals surface area contributed by atoms with Gasteiger partial charge in [0.15, 0.2) is 0 Å². The predicted molar refractivity (Wildman–Crippen MR) is 77.3 cm³/mol. The molecule has 134 valence electrons. The Bertz CT molecular complexity index is 729. The molecule has 0 aliphatic carbocycles. The van der Waals surface area contributed by atoms with Crippen molar-refractivity contribution in [3.05, 3.63) is 59.7 Å². The summed E-state index contributed by atoms with van der Waals surface area (Å²) in [6.45, 7) is -0.242. The zero-order chi connectivity index (χ0) is 18.4. The quantitative estimate of drug-likeness (QED) is 0.631. The van der Waals surface area contributed by atoms with Crippen molar-refractivity contribution in [2.45, 2.75) is 6.36 Å². The zero-order valence-corrected chi connectivity index (χ0v) is 12.6. The first-order chi connectivity index (χ1) is 11.8. The monoisotopic (exact) mass is 361 g/mol. The van der Waals surface area contributed by atoms with Gasteiger partial charge in [-0.3, -0.25) is 4.79 Å². The molecule has 2 aromatic carbocycles. The van der Waals surface area contributed by atoms with E-state index < -0.39 is 35.2 Å². The number of alkyl halides is 3. The summed E-state index contributed by atoms with van der Waals surface area (Å²) in [6, 6.07) is 7.82. The lowest BCUT2D eigenvalue weighted by molar-refractivity contribution is -0.274. The SMILES string of the molecule is O=C(NCCOc1cccc(OC(F)(F)F)c1)c1c(F)cccc1F. The van der Waals surface area contributed by atoms with E-state index in [4.69, 9.17) is 4.74 Å². The smallest absolute Gasteiger partial charge is 0.492 e. The molecule has 1 N–H and O–H groups in total. The Hall–Kier alpha value is -2.84. The van der Waals surface area contributed by atoms with Crippen molar-refractivity contribution in [2.75, 3.05) is 13.2 Å². The molecule has 0 saturated heterocycles. The summed E-state index contributed by atoms with van der Waals surface area (Å²) in [5.41, 5.74) is -0.719. The topological polar surface area (TPSA) is 47.6 Å². The number of halogens is 5. The summed E-state index contributed by atoms with van der Waals surface area (Å²) >= 11 is 0. The maximum Gasteiger partial charge on any atom is 0.573 e. The first-order valence-electron chi connectivity index (χ1n) is 6.97. The third-order valence-electron chi connectivity index (χ3n) is 2.89. The van der Waals surface area contributed by atoms with E-state index in [0.29, 0.717) is 0 Å². The second kappa shape index (κ2) is 7.82. The Morgan fingerprint density at radius 1 is 1.00 bits per heavy atom. The normalized spacial score (nSPS) is 11.1. The van der Waals surface area contributed by atoms with Crippen molar-refractivity contribution in [2.24, 2.45) is 0 Å². The molecule has 1 amide bonds. The van der Waals surface area contributed by atoms with Gasteiger partial charge in [0.25, 0.3) is 5.91 Å². The van der Waals surface area contributed by atoms with E-state index in [1.54, 1.807) is 0 Å². The molecule has 0 fully saturated rings. The van der Waals surface area contributed by atoms with Crippen LogP contribution in [0.2, 0.25) is 0 Å². The average molecular weight is 361 g/mol. The van der Waals surface area contributed by atoms with Crippen molar-refractivity contribution in [1.29, 1.82) is 0 Å². The van der Waals surface area contributed by atoms with Gasteiger partial charge in [0, 0.05) is 6.07 Å². The van der Waals surface area contributed by atoms with Gasteiger partial charge in [-0.25, -0.2) is 8.78 Å².